The van der Waals surface area contributed by atoms with E-state index in [1.54, 1.807) is 41.1 Å². The lowest BCUT2D eigenvalue weighted by Crippen LogP contribution is -2.61. The number of piperidine rings is 1. The van der Waals surface area contributed by atoms with Crippen molar-refractivity contribution in [2.75, 3.05) is 80.5 Å². The number of fused-ring (bicyclic) bond motifs is 3. The number of cyclic esters (lactones) is 1. The number of carbonyl (C=O) groups is 5. The van der Waals surface area contributed by atoms with Gasteiger partial charge in [0.2, 0.25) is 5.79 Å². The van der Waals surface area contributed by atoms with Crippen LogP contribution in [0.3, 0.4) is 0 Å². The van der Waals surface area contributed by atoms with Crippen LogP contribution in [0.25, 0.3) is 0 Å². The van der Waals surface area contributed by atoms with Crippen LogP contribution in [0.15, 0.2) is 47.6 Å². The molecule has 1 unspecified atom stereocenters. The van der Waals surface area contributed by atoms with Crippen molar-refractivity contribution in [1.82, 2.24) is 9.80 Å². The van der Waals surface area contributed by atoms with E-state index >= 15 is 0 Å². The van der Waals surface area contributed by atoms with Gasteiger partial charge in [0.05, 0.1) is 57.5 Å². The number of ether oxygens (including phenoxy) is 8. The standard InChI is InChI=1S/C59H94N2O15/c1-38-16-12-11-13-17-39(2)50(74-31-30-69-8)36-46-21-19-44(7)59(68,76-46)56(65)57(66)61-23-15-14-18-47(61)58(67)75-51(37-48(62)40(3)33-43(6)54(64)55(71-10)53(63)42(5)32-38)41(4)34-45-20-22-49(52(35-45)70-9)73-29-26-60-24-27-72-28-25-60/h11-13,16-17,33,38,40-42,44-47,49-52,54-55,64,68H,14-15,18-32,34-37H2,1-10H3/b13-11+,16-12?,39-17+,43-33+/t38-,40-,41-,42-,44-,45+,46+,47?,49-,50+,51+,52-,54-,55+,59-/m1/s1. The highest BCUT2D eigenvalue weighted by Crippen LogP contribution is 2.38. The van der Waals surface area contributed by atoms with E-state index in [0.717, 1.165) is 51.3 Å². The molecule has 1 amide bonds. The van der Waals surface area contributed by atoms with Crippen LogP contribution in [0.5, 0.6) is 0 Å². The van der Waals surface area contributed by atoms with Crippen molar-refractivity contribution >= 4 is 29.2 Å². The molecule has 17 heteroatoms. The van der Waals surface area contributed by atoms with Crippen LogP contribution >= 0.6 is 0 Å². The van der Waals surface area contributed by atoms with Crippen molar-refractivity contribution in [2.24, 2.45) is 35.5 Å². The lowest BCUT2D eigenvalue weighted by atomic mass is 9.78. The summed E-state index contributed by atoms with van der Waals surface area (Å²) in [6.07, 6.45) is 12.3. The minimum Gasteiger partial charge on any atom is -0.460 e. The molecule has 0 aromatic carbocycles. The Morgan fingerprint density at radius 3 is 2.26 bits per heavy atom. The molecule has 17 nitrogen and oxygen atoms in total. The molecule has 0 radical (unpaired) electrons. The molecule has 2 bridgehead atoms. The van der Waals surface area contributed by atoms with Gasteiger partial charge in [-0.15, -0.1) is 0 Å². The number of allylic oxidation sites excluding steroid dienone is 6. The van der Waals surface area contributed by atoms with Gasteiger partial charge in [0, 0.05) is 78.1 Å². The molecule has 430 valence electrons. The number of morpholine rings is 1. The van der Waals surface area contributed by atoms with Gasteiger partial charge in [0.25, 0.3) is 11.7 Å². The molecule has 0 spiro atoms. The molecule has 5 aliphatic rings. The van der Waals surface area contributed by atoms with Crippen LogP contribution in [0.1, 0.15) is 126 Å². The quantitative estimate of drug-likeness (QED) is 0.0868. The third-order valence-corrected chi connectivity index (χ3v) is 16.6. The molecule has 4 heterocycles. The lowest BCUT2D eigenvalue weighted by Gasteiger charge is -2.43. The van der Waals surface area contributed by atoms with Crippen LogP contribution in [-0.4, -0.2) is 184 Å². The van der Waals surface area contributed by atoms with E-state index in [1.165, 1.54) is 12.0 Å². The Hall–Kier alpha value is -3.49. The minimum absolute atomic E-state index is 0.00402. The number of ketones is 3. The van der Waals surface area contributed by atoms with Gasteiger partial charge in [-0.2, -0.15) is 0 Å². The molecule has 3 saturated heterocycles. The van der Waals surface area contributed by atoms with E-state index < -0.39 is 77.8 Å². The van der Waals surface area contributed by atoms with Crippen LogP contribution in [0.2, 0.25) is 0 Å². The number of Topliss-reactive ketones (excluding diaryl/α,β-unsaturated/α-hetero) is 3. The summed E-state index contributed by atoms with van der Waals surface area (Å²) in [5.41, 5.74) is 1.26. The zero-order valence-electron chi connectivity index (χ0n) is 47.5. The Kier molecular flexibility index (Phi) is 26.1. The van der Waals surface area contributed by atoms with Gasteiger partial charge < -0.3 is 53.0 Å². The van der Waals surface area contributed by atoms with Gasteiger partial charge in [-0.3, -0.25) is 24.1 Å². The second kappa shape index (κ2) is 31.3. The highest BCUT2D eigenvalue weighted by molar-refractivity contribution is 6.39. The molecular formula is C59H94N2O15. The zero-order chi connectivity index (χ0) is 55.5. The van der Waals surface area contributed by atoms with Crippen molar-refractivity contribution in [3.05, 3.63) is 47.6 Å². The summed E-state index contributed by atoms with van der Waals surface area (Å²) in [4.78, 5) is 75.4. The number of aliphatic hydroxyl groups excluding tert-OH is 1. The predicted octanol–water partition coefficient (Wildman–Crippen LogP) is 6.55. The first kappa shape index (κ1) is 63.3. The van der Waals surface area contributed by atoms with Crippen LogP contribution < -0.4 is 0 Å². The summed E-state index contributed by atoms with van der Waals surface area (Å²) in [6.45, 7) is 18.1. The van der Waals surface area contributed by atoms with Gasteiger partial charge in [-0.25, -0.2) is 4.79 Å². The van der Waals surface area contributed by atoms with E-state index in [2.05, 4.69) is 4.90 Å². The largest absolute Gasteiger partial charge is 0.460 e. The molecule has 0 aromatic rings. The van der Waals surface area contributed by atoms with Crippen LogP contribution in [0.4, 0.5) is 0 Å². The fourth-order valence-electron chi connectivity index (χ4n) is 11.6. The van der Waals surface area contributed by atoms with Crippen molar-refractivity contribution in [1.29, 1.82) is 0 Å². The second-order valence-electron chi connectivity index (χ2n) is 22.5. The monoisotopic (exact) mass is 1070 g/mol. The van der Waals surface area contributed by atoms with Gasteiger partial charge in [-0.05, 0) is 107 Å². The smallest absolute Gasteiger partial charge is 0.329 e. The summed E-state index contributed by atoms with van der Waals surface area (Å²) in [5.74, 6) is -7.94. The SMILES string of the molecule is COCCO[C@H]1C[C@@H]2CC[C@@H](C)[C@@](O)(O2)C(=O)C(=O)N2CCCCC2C(=O)O[C@H]([C@H](C)C[C@@H]2CC[C@@H](OCCN3CCOCC3)[C@H](OC)C2)CC(=O)[C@H](C)/C=C(\C)[C@@H](O)[C@@H](OC)C(=O)[C@H](C)C[C@H](C)C=C/C=C/C=C/1C. The summed E-state index contributed by atoms with van der Waals surface area (Å²) >= 11 is 0. The number of aliphatic hydroxyl groups is 2. The molecule has 5 rings (SSSR count). The number of nitrogens with zero attached hydrogens (tertiary/aromatic N) is 2. The first-order valence-corrected chi connectivity index (χ1v) is 28.3. The van der Waals surface area contributed by atoms with E-state index in [1.807, 2.05) is 58.1 Å². The molecule has 0 aromatic heterocycles. The number of rotatable bonds is 13. The molecule has 1 aliphatic carbocycles. The Bertz CT molecular complexity index is 2000. The average molecular weight is 1070 g/mol. The Morgan fingerprint density at radius 2 is 1.55 bits per heavy atom. The zero-order valence-corrected chi connectivity index (χ0v) is 47.5. The van der Waals surface area contributed by atoms with E-state index in [4.69, 9.17) is 37.9 Å². The summed E-state index contributed by atoms with van der Waals surface area (Å²) in [7, 11) is 4.67. The van der Waals surface area contributed by atoms with Crippen molar-refractivity contribution in [3.63, 3.8) is 0 Å². The Morgan fingerprint density at radius 1 is 0.803 bits per heavy atom. The van der Waals surface area contributed by atoms with Crippen LogP contribution in [0, 0.1) is 35.5 Å². The third-order valence-electron chi connectivity index (χ3n) is 16.6. The fourth-order valence-corrected chi connectivity index (χ4v) is 11.6. The topological polar surface area (TPSA) is 206 Å². The highest BCUT2D eigenvalue weighted by Gasteiger charge is 2.53. The highest BCUT2D eigenvalue weighted by atomic mass is 16.6. The van der Waals surface area contributed by atoms with E-state index in [9.17, 15) is 34.2 Å². The summed E-state index contributed by atoms with van der Waals surface area (Å²) in [5, 5.41) is 23.7. The van der Waals surface area contributed by atoms with Gasteiger partial charge in [-0.1, -0.05) is 71.1 Å². The average Bonchev–Trinajstić information content (AvgIpc) is 3.42. The fraction of sp³-hybridized carbons (Fsp3) is 0.780. The maximum atomic E-state index is 14.6. The Balaban J connectivity index is 1.43. The van der Waals surface area contributed by atoms with Crippen molar-refractivity contribution < 1.29 is 72.1 Å². The Labute approximate surface area is 453 Å². The van der Waals surface area contributed by atoms with Gasteiger partial charge in [0.1, 0.15) is 30.1 Å². The number of methoxy groups -OCH3 is 3. The maximum Gasteiger partial charge on any atom is 0.329 e. The van der Waals surface area contributed by atoms with Gasteiger partial charge >= 0.3 is 5.97 Å². The van der Waals surface area contributed by atoms with Crippen LogP contribution in [-0.2, 0) is 61.9 Å². The molecule has 76 heavy (non-hydrogen) atoms. The number of hydrogen-bond donors (Lipinski definition) is 2. The summed E-state index contributed by atoms with van der Waals surface area (Å²) in [6, 6.07) is -1.15. The molecule has 1 saturated carbocycles. The third kappa shape index (κ3) is 18.0. The number of amides is 1. The van der Waals surface area contributed by atoms with E-state index in [0.29, 0.717) is 63.7 Å². The first-order chi connectivity index (χ1) is 36.3. The molecule has 15 atom stereocenters. The van der Waals surface area contributed by atoms with E-state index in [-0.39, 0.29) is 73.9 Å². The molecule has 4 aliphatic heterocycles. The summed E-state index contributed by atoms with van der Waals surface area (Å²) < 4.78 is 47.7. The van der Waals surface area contributed by atoms with Crippen molar-refractivity contribution in [2.45, 2.75) is 180 Å². The first-order valence-electron chi connectivity index (χ1n) is 28.3. The molecule has 4 fully saturated rings. The molecular weight excluding hydrogens is 977 g/mol. The lowest BCUT2D eigenvalue weighted by molar-refractivity contribution is -0.266. The molecule has 2 N–H and O–H groups in total. The number of esters is 1. The predicted molar refractivity (Wildman–Crippen MR) is 287 cm³/mol. The van der Waals surface area contributed by atoms with Crippen molar-refractivity contribution in [3.8, 4) is 0 Å². The normalized spacial score (nSPS) is 37.3. The second-order valence-corrected chi connectivity index (χ2v) is 22.5. The number of carbonyl (C=O) groups excluding carboxylic acids is 5. The minimum atomic E-state index is -2.46. The maximum absolute atomic E-state index is 14.6. The number of hydrogen-bond acceptors (Lipinski definition) is 16. The van der Waals surface area contributed by atoms with Gasteiger partial charge in [0.15, 0.2) is 5.78 Å².